The molecule has 4 rings (SSSR count). The molecule has 144 valence electrons. The Morgan fingerprint density at radius 1 is 1.07 bits per heavy atom. The number of thioether (sulfide) groups is 1. The third kappa shape index (κ3) is 4.60. The lowest BCUT2D eigenvalue weighted by Gasteiger charge is -2.03. The summed E-state index contributed by atoms with van der Waals surface area (Å²) in [6.45, 7) is 6.44. The van der Waals surface area contributed by atoms with E-state index in [0.29, 0.717) is 23.5 Å². The fourth-order valence-electron chi connectivity index (χ4n) is 2.49. The van der Waals surface area contributed by atoms with Crippen molar-refractivity contribution in [3.05, 3.63) is 56.6 Å². The van der Waals surface area contributed by atoms with Crippen LogP contribution in [-0.4, -0.2) is 20.2 Å². The number of rotatable bonds is 7. The number of nitrogens with zero attached hydrogens (tertiary/aromatic N) is 4. The molecule has 0 aliphatic carbocycles. The Morgan fingerprint density at radius 3 is 2.64 bits per heavy atom. The Hall–Kier alpha value is -2.23. The second-order valence-electron chi connectivity index (χ2n) is 6.14. The lowest BCUT2D eigenvalue weighted by atomic mass is 10.2. The topological polar surface area (TPSA) is 73.9 Å². The van der Waals surface area contributed by atoms with Gasteiger partial charge in [-0.15, -0.1) is 32.9 Å². The maximum atomic E-state index is 5.78. The highest BCUT2D eigenvalue weighted by atomic mass is 32.2. The molecule has 0 N–H and O–H groups in total. The first-order valence-electron chi connectivity index (χ1n) is 8.60. The molecule has 0 unspecified atom stereocenters. The van der Waals surface area contributed by atoms with Crippen molar-refractivity contribution >= 4 is 34.4 Å². The van der Waals surface area contributed by atoms with Crippen molar-refractivity contribution in [2.75, 3.05) is 0 Å². The maximum absolute atomic E-state index is 5.78. The molecule has 0 fully saturated rings. The molecule has 0 saturated carbocycles. The van der Waals surface area contributed by atoms with Crippen LogP contribution in [0.25, 0.3) is 10.8 Å². The minimum atomic E-state index is 0.465. The van der Waals surface area contributed by atoms with E-state index in [1.54, 1.807) is 22.7 Å². The van der Waals surface area contributed by atoms with Gasteiger partial charge < -0.3 is 9.15 Å². The van der Waals surface area contributed by atoms with Gasteiger partial charge in [0.1, 0.15) is 22.2 Å². The zero-order valence-electron chi connectivity index (χ0n) is 15.6. The van der Waals surface area contributed by atoms with E-state index in [1.165, 1.54) is 17.3 Å². The fraction of sp³-hybridized carbons (Fsp3) is 0.263. The summed E-state index contributed by atoms with van der Waals surface area (Å²) in [5, 5.41) is 12.8. The fourth-order valence-corrected chi connectivity index (χ4v) is 4.79. The standard InChI is InChI=1S/C19H18N4O2S3/c1-11-4-6-15(7-5-11)24-8-16-21-14(9-26-16)10-27-19-23-22-18(25-19)17-12(2)20-13(3)28-17/h4-7,9H,8,10H2,1-3H3. The summed E-state index contributed by atoms with van der Waals surface area (Å²) in [6.07, 6.45) is 0. The second-order valence-corrected chi connectivity index (χ2v) is 9.22. The van der Waals surface area contributed by atoms with E-state index in [-0.39, 0.29) is 0 Å². The number of thiazole rings is 2. The second kappa shape index (κ2) is 8.42. The van der Waals surface area contributed by atoms with E-state index in [2.05, 4.69) is 27.1 Å². The van der Waals surface area contributed by atoms with Crippen LogP contribution in [0.3, 0.4) is 0 Å². The van der Waals surface area contributed by atoms with E-state index in [1.807, 2.05) is 43.5 Å². The molecule has 0 amide bonds. The minimum Gasteiger partial charge on any atom is -0.486 e. The van der Waals surface area contributed by atoms with E-state index in [9.17, 15) is 0 Å². The summed E-state index contributed by atoms with van der Waals surface area (Å²) >= 11 is 4.63. The Morgan fingerprint density at radius 2 is 1.89 bits per heavy atom. The van der Waals surface area contributed by atoms with Gasteiger partial charge in [-0.05, 0) is 32.9 Å². The van der Waals surface area contributed by atoms with E-state index < -0.39 is 0 Å². The summed E-state index contributed by atoms with van der Waals surface area (Å²) in [5.74, 6) is 2.04. The van der Waals surface area contributed by atoms with E-state index in [0.717, 1.165) is 32.0 Å². The van der Waals surface area contributed by atoms with Crippen LogP contribution in [-0.2, 0) is 12.4 Å². The van der Waals surface area contributed by atoms with Crippen molar-refractivity contribution in [3.8, 4) is 16.5 Å². The summed E-state index contributed by atoms with van der Waals surface area (Å²) < 4.78 is 11.6. The van der Waals surface area contributed by atoms with Gasteiger partial charge in [-0.1, -0.05) is 29.5 Å². The van der Waals surface area contributed by atoms with Crippen molar-refractivity contribution in [1.82, 2.24) is 20.2 Å². The molecule has 9 heteroatoms. The lowest BCUT2D eigenvalue weighted by Crippen LogP contribution is -1.95. The van der Waals surface area contributed by atoms with Gasteiger partial charge in [-0.25, -0.2) is 9.97 Å². The molecule has 28 heavy (non-hydrogen) atoms. The monoisotopic (exact) mass is 430 g/mol. The van der Waals surface area contributed by atoms with Crippen LogP contribution in [0.5, 0.6) is 5.75 Å². The highest BCUT2D eigenvalue weighted by Gasteiger charge is 2.15. The largest absolute Gasteiger partial charge is 0.486 e. The van der Waals surface area contributed by atoms with Gasteiger partial charge in [-0.3, -0.25) is 0 Å². The van der Waals surface area contributed by atoms with Crippen molar-refractivity contribution in [3.63, 3.8) is 0 Å². The quantitative estimate of drug-likeness (QED) is 0.361. The third-order valence-corrected chi connectivity index (χ3v) is 6.61. The van der Waals surface area contributed by atoms with Crippen LogP contribution in [0.15, 0.2) is 39.3 Å². The van der Waals surface area contributed by atoms with E-state index >= 15 is 0 Å². The molecule has 0 atom stereocenters. The highest BCUT2D eigenvalue weighted by molar-refractivity contribution is 7.98. The molecule has 0 bridgehead atoms. The van der Waals surface area contributed by atoms with Gasteiger partial charge in [0, 0.05) is 11.1 Å². The van der Waals surface area contributed by atoms with Crippen molar-refractivity contribution in [2.24, 2.45) is 0 Å². The van der Waals surface area contributed by atoms with E-state index in [4.69, 9.17) is 9.15 Å². The SMILES string of the molecule is Cc1ccc(OCc2nc(CSc3nnc(-c4sc(C)nc4C)o3)cs2)cc1. The molecule has 1 aromatic carbocycles. The zero-order valence-corrected chi connectivity index (χ0v) is 18.1. The number of aryl methyl sites for hydroxylation is 3. The van der Waals surface area contributed by atoms with Gasteiger partial charge in [0.15, 0.2) is 0 Å². The predicted molar refractivity (Wildman–Crippen MR) is 112 cm³/mol. The zero-order chi connectivity index (χ0) is 19.5. The van der Waals surface area contributed by atoms with Gasteiger partial charge in [0.25, 0.3) is 11.1 Å². The number of aromatic nitrogens is 4. The van der Waals surface area contributed by atoms with Crippen LogP contribution in [0.2, 0.25) is 0 Å². The molecule has 0 aliphatic heterocycles. The molecule has 4 aromatic rings. The minimum absolute atomic E-state index is 0.465. The molecule has 0 spiro atoms. The molecular weight excluding hydrogens is 412 g/mol. The van der Waals surface area contributed by atoms with Crippen molar-refractivity contribution in [2.45, 2.75) is 38.4 Å². The maximum Gasteiger partial charge on any atom is 0.277 e. The summed E-state index contributed by atoms with van der Waals surface area (Å²) in [7, 11) is 0. The molecule has 0 aliphatic rings. The third-order valence-electron chi connectivity index (χ3n) is 3.83. The predicted octanol–water partition coefficient (Wildman–Crippen LogP) is 5.45. The molecule has 0 radical (unpaired) electrons. The van der Waals surface area contributed by atoms with Gasteiger partial charge in [-0.2, -0.15) is 0 Å². The van der Waals surface area contributed by atoms with Crippen molar-refractivity contribution < 1.29 is 9.15 Å². The van der Waals surface area contributed by atoms with Crippen LogP contribution in [0.1, 0.15) is 27.0 Å². The summed E-state index contributed by atoms with van der Waals surface area (Å²) in [4.78, 5) is 9.95. The average molecular weight is 431 g/mol. The smallest absolute Gasteiger partial charge is 0.277 e. The van der Waals surface area contributed by atoms with Crippen LogP contribution in [0, 0.1) is 20.8 Å². The number of benzene rings is 1. The molecule has 3 aromatic heterocycles. The Bertz CT molecular complexity index is 1070. The van der Waals surface area contributed by atoms with Crippen LogP contribution >= 0.6 is 34.4 Å². The molecular formula is C19H18N4O2S3. The average Bonchev–Trinajstić information content (AvgIpc) is 3.39. The lowest BCUT2D eigenvalue weighted by molar-refractivity contribution is 0.305. The molecule has 6 nitrogen and oxygen atoms in total. The highest BCUT2D eigenvalue weighted by Crippen LogP contribution is 2.31. The normalized spacial score (nSPS) is 11.1. The number of hydrogen-bond donors (Lipinski definition) is 0. The first kappa shape index (κ1) is 19.1. The van der Waals surface area contributed by atoms with Gasteiger partial charge in [0.05, 0.1) is 16.4 Å². The van der Waals surface area contributed by atoms with Gasteiger partial charge in [0.2, 0.25) is 0 Å². The van der Waals surface area contributed by atoms with Crippen LogP contribution < -0.4 is 4.74 Å². The first-order chi connectivity index (χ1) is 13.6. The van der Waals surface area contributed by atoms with Gasteiger partial charge >= 0.3 is 0 Å². The Kier molecular flexibility index (Phi) is 5.74. The summed E-state index contributed by atoms with van der Waals surface area (Å²) in [6, 6.07) is 8.01. The number of ether oxygens (including phenoxy) is 1. The Balaban J connectivity index is 1.32. The Labute approximate surface area is 175 Å². The molecule has 3 heterocycles. The van der Waals surface area contributed by atoms with Crippen LogP contribution in [0.4, 0.5) is 0 Å². The number of hydrogen-bond acceptors (Lipinski definition) is 9. The summed E-state index contributed by atoms with van der Waals surface area (Å²) in [5.41, 5.74) is 3.10. The first-order valence-corrected chi connectivity index (χ1v) is 11.3. The molecule has 0 saturated heterocycles. The van der Waals surface area contributed by atoms with Crippen molar-refractivity contribution in [1.29, 1.82) is 0 Å².